The molecule has 0 fully saturated rings. The highest BCUT2D eigenvalue weighted by Crippen LogP contribution is 2.36. The summed E-state index contributed by atoms with van der Waals surface area (Å²) in [5, 5.41) is 3.93. The van der Waals surface area contributed by atoms with Crippen molar-refractivity contribution >= 4 is 32.6 Å². The molecule has 0 aliphatic heterocycles. The Morgan fingerprint density at radius 1 is 1.00 bits per heavy atom. The lowest BCUT2D eigenvalue weighted by Gasteiger charge is -2.08. The smallest absolute Gasteiger partial charge is 0.256 e. The van der Waals surface area contributed by atoms with Crippen LogP contribution in [0.3, 0.4) is 0 Å². The van der Waals surface area contributed by atoms with Gasteiger partial charge in [0.15, 0.2) is 0 Å². The number of aryl methyl sites for hydroxylation is 2. The molecule has 0 spiro atoms. The Kier molecular flexibility index (Phi) is 2.57. The van der Waals surface area contributed by atoms with Crippen LogP contribution in [-0.4, -0.2) is 17.1 Å². The molecule has 2 heterocycles. The fourth-order valence-electron chi connectivity index (χ4n) is 3.39. The van der Waals surface area contributed by atoms with E-state index in [1.165, 1.54) is 0 Å². The maximum absolute atomic E-state index is 12.3. The molecule has 0 aliphatic rings. The molecule has 2 N–H and O–H groups in total. The van der Waals surface area contributed by atoms with Crippen LogP contribution in [0.25, 0.3) is 32.6 Å². The van der Waals surface area contributed by atoms with Gasteiger partial charge in [-0.1, -0.05) is 0 Å². The van der Waals surface area contributed by atoms with Crippen LogP contribution in [0.1, 0.15) is 11.1 Å². The molecule has 0 saturated carbocycles. The lowest BCUT2D eigenvalue weighted by Crippen LogP contribution is -2.07. The van der Waals surface area contributed by atoms with E-state index in [1.54, 1.807) is 13.3 Å². The zero-order valence-electron chi connectivity index (χ0n) is 12.7. The van der Waals surface area contributed by atoms with Crippen molar-refractivity contribution in [3.8, 4) is 5.75 Å². The van der Waals surface area contributed by atoms with Crippen molar-refractivity contribution in [3.63, 3.8) is 0 Å². The summed E-state index contributed by atoms with van der Waals surface area (Å²) in [6.07, 6.45) is 1.70. The second-order valence-corrected chi connectivity index (χ2v) is 5.63. The molecule has 2 aromatic carbocycles. The van der Waals surface area contributed by atoms with Gasteiger partial charge in [0.25, 0.3) is 5.56 Å². The molecular formula is C18H16N2O2. The van der Waals surface area contributed by atoms with Crippen LogP contribution in [-0.2, 0) is 0 Å². The van der Waals surface area contributed by atoms with Crippen molar-refractivity contribution in [2.45, 2.75) is 13.8 Å². The van der Waals surface area contributed by atoms with Crippen molar-refractivity contribution in [1.82, 2.24) is 9.97 Å². The fourth-order valence-corrected chi connectivity index (χ4v) is 3.39. The lowest BCUT2D eigenvalue weighted by atomic mass is 9.97. The summed E-state index contributed by atoms with van der Waals surface area (Å²) in [5.41, 5.74) is 4.18. The molecule has 0 unspecified atom stereocenters. The van der Waals surface area contributed by atoms with E-state index in [9.17, 15) is 4.79 Å². The Morgan fingerprint density at radius 2 is 1.82 bits per heavy atom. The van der Waals surface area contributed by atoms with E-state index < -0.39 is 0 Å². The first-order valence-electron chi connectivity index (χ1n) is 7.22. The van der Waals surface area contributed by atoms with Crippen LogP contribution < -0.4 is 10.3 Å². The van der Waals surface area contributed by atoms with E-state index in [0.29, 0.717) is 0 Å². The highest BCUT2D eigenvalue weighted by molar-refractivity contribution is 6.16. The molecule has 4 nitrogen and oxygen atoms in total. The highest BCUT2D eigenvalue weighted by atomic mass is 16.5. The van der Waals surface area contributed by atoms with Gasteiger partial charge < -0.3 is 14.7 Å². The van der Waals surface area contributed by atoms with Crippen LogP contribution in [0.4, 0.5) is 0 Å². The molecule has 110 valence electrons. The quantitative estimate of drug-likeness (QED) is 0.561. The second-order valence-electron chi connectivity index (χ2n) is 5.63. The van der Waals surface area contributed by atoms with E-state index in [1.807, 2.05) is 31.2 Å². The van der Waals surface area contributed by atoms with Crippen molar-refractivity contribution in [3.05, 3.63) is 51.9 Å². The first-order chi connectivity index (χ1) is 10.6. The Balaban J connectivity index is 2.34. The predicted molar refractivity (Wildman–Crippen MR) is 90.0 cm³/mol. The van der Waals surface area contributed by atoms with E-state index in [2.05, 4.69) is 16.9 Å². The minimum Gasteiger partial charge on any atom is -0.497 e. The van der Waals surface area contributed by atoms with E-state index in [-0.39, 0.29) is 5.56 Å². The SMILES string of the molecule is COc1ccc2[nH]c3c(C)c4cc[nH]c(=O)c4c(C)c3c2c1. The molecule has 0 atom stereocenters. The monoisotopic (exact) mass is 292 g/mol. The largest absolute Gasteiger partial charge is 0.497 e. The Hall–Kier alpha value is -2.75. The van der Waals surface area contributed by atoms with Gasteiger partial charge in [-0.15, -0.1) is 0 Å². The molecule has 0 saturated heterocycles. The number of hydrogen-bond donors (Lipinski definition) is 2. The number of fused-ring (bicyclic) bond motifs is 4. The summed E-state index contributed by atoms with van der Waals surface area (Å²) >= 11 is 0. The Morgan fingerprint density at radius 3 is 2.59 bits per heavy atom. The first kappa shape index (κ1) is 13.0. The Bertz CT molecular complexity index is 1100. The van der Waals surface area contributed by atoms with Gasteiger partial charge in [0, 0.05) is 22.5 Å². The summed E-state index contributed by atoms with van der Waals surface area (Å²) in [4.78, 5) is 18.5. The molecule has 0 bridgehead atoms. The molecule has 0 amide bonds. The van der Waals surface area contributed by atoms with Gasteiger partial charge in [-0.2, -0.15) is 0 Å². The fraction of sp³-hybridized carbons (Fsp3) is 0.167. The molecule has 4 rings (SSSR count). The average molecular weight is 292 g/mol. The zero-order valence-corrected chi connectivity index (χ0v) is 12.7. The number of hydrogen-bond acceptors (Lipinski definition) is 2. The van der Waals surface area contributed by atoms with Gasteiger partial charge in [0.05, 0.1) is 18.0 Å². The molecule has 0 aliphatic carbocycles. The van der Waals surface area contributed by atoms with Crippen LogP contribution in [0, 0.1) is 13.8 Å². The predicted octanol–water partition coefficient (Wildman–Crippen LogP) is 3.79. The number of H-pyrrole nitrogens is 2. The average Bonchev–Trinajstić information content (AvgIpc) is 2.91. The van der Waals surface area contributed by atoms with Crippen molar-refractivity contribution in [2.75, 3.05) is 7.11 Å². The zero-order chi connectivity index (χ0) is 15.4. The topological polar surface area (TPSA) is 57.9 Å². The summed E-state index contributed by atoms with van der Waals surface area (Å²) < 4.78 is 5.34. The summed E-state index contributed by atoms with van der Waals surface area (Å²) in [5.74, 6) is 0.813. The van der Waals surface area contributed by atoms with Gasteiger partial charge in [-0.25, -0.2) is 0 Å². The van der Waals surface area contributed by atoms with Gasteiger partial charge in [-0.05, 0) is 54.6 Å². The third-order valence-corrected chi connectivity index (χ3v) is 4.50. The van der Waals surface area contributed by atoms with Crippen LogP contribution >= 0.6 is 0 Å². The van der Waals surface area contributed by atoms with Gasteiger partial charge in [-0.3, -0.25) is 4.79 Å². The van der Waals surface area contributed by atoms with Crippen LogP contribution in [0.5, 0.6) is 5.75 Å². The van der Waals surface area contributed by atoms with Gasteiger partial charge >= 0.3 is 0 Å². The third-order valence-electron chi connectivity index (χ3n) is 4.50. The van der Waals surface area contributed by atoms with Crippen molar-refractivity contribution in [2.24, 2.45) is 0 Å². The van der Waals surface area contributed by atoms with E-state index >= 15 is 0 Å². The number of aromatic nitrogens is 2. The maximum atomic E-state index is 12.3. The lowest BCUT2D eigenvalue weighted by molar-refractivity contribution is 0.415. The van der Waals surface area contributed by atoms with E-state index in [0.717, 1.165) is 49.5 Å². The minimum atomic E-state index is -0.0442. The molecule has 22 heavy (non-hydrogen) atoms. The normalized spacial score (nSPS) is 11.6. The summed E-state index contributed by atoms with van der Waals surface area (Å²) in [6, 6.07) is 7.94. The van der Waals surface area contributed by atoms with Gasteiger partial charge in [0.1, 0.15) is 5.75 Å². The number of nitrogens with one attached hydrogen (secondary N) is 2. The minimum absolute atomic E-state index is 0.0442. The third kappa shape index (κ3) is 1.55. The number of benzene rings is 2. The standard InChI is InChI=1S/C18H16N2O2/c1-9-12-6-7-19-18(21)16(12)10(2)15-13-8-11(22-3)4-5-14(13)20-17(9)15/h4-8,20H,1-3H3,(H,19,21). The molecular weight excluding hydrogens is 276 g/mol. The molecule has 2 aromatic heterocycles. The number of ether oxygens (including phenoxy) is 1. The maximum Gasteiger partial charge on any atom is 0.256 e. The number of pyridine rings is 1. The van der Waals surface area contributed by atoms with Crippen molar-refractivity contribution in [1.29, 1.82) is 0 Å². The van der Waals surface area contributed by atoms with Crippen LogP contribution in [0.2, 0.25) is 0 Å². The summed E-state index contributed by atoms with van der Waals surface area (Å²) in [7, 11) is 1.66. The number of rotatable bonds is 1. The van der Waals surface area contributed by atoms with Crippen molar-refractivity contribution < 1.29 is 4.74 Å². The number of aromatic amines is 2. The van der Waals surface area contributed by atoms with E-state index in [4.69, 9.17) is 4.74 Å². The van der Waals surface area contributed by atoms with Gasteiger partial charge in [0.2, 0.25) is 0 Å². The highest BCUT2D eigenvalue weighted by Gasteiger charge is 2.15. The molecule has 4 aromatic rings. The molecule has 0 radical (unpaired) electrons. The summed E-state index contributed by atoms with van der Waals surface area (Å²) in [6.45, 7) is 4.06. The Labute approximate surface area is 126 Å². The second kappa shape index (κ2) is 4.37. The first-order valence-corrected chi connectivity index (χ1v) is 7.22. The molecule has 4 heteroatoms. The number of methoxy groups -OCH3 is 1. The van der Waals surface area contributed by atoms with Crippen LogP contribution in [0.15, 0.2) is 35.3 Å².